The first-order chi connectivity index (χ1) is 15.3. The number of carbonyl (C=O) groups is 2. The highest BCUT2D eigenvalue weighted by atomic mass is 127. The van der Waals surface area contributed by atoms with E-state index in [1.54, 1.807) is 48.5 Å². The normalized spacial score (nSPS) is 24.2. The van der Waals surface area contributed by atoms with Gasteiger partial charge in [0.2, 0.25) is 11.8 Å². The Morgan fingerprint density at radius 2 is 1.78 bits per heavy atom. The number of fused-ring (bicyclic) bond motifs is 2. The Kier molecular flexibility index (Phi) is 5.42. The van der Waals surface area contributed by atoms with E-state index in [9.17, 15) is 9.59 Å². The zero-order valence-corrected chi connectivity index (χ0v) is 20.1. The summed E-state index contributed by atoms with van der Waals surface area (Å²) in [7, 11) is 0. The lowest BCUT2D eigenvalue weighted by atomic mass is 9.59. The number of hydrogen-bond acceptors (Lipinski definition) is 2. The van der Waals surface area contributed by atoms with E-state index in [1.807, 2.05) is 6.07 Å². The molecular weight excluding hydrogens is 565 g/mol. The lowest BCUT2D eigenvalue weighted by Crippen LogP contribution is -2.57. The van der Waals surface area contributed by atoms with Crippen molar-refractivity contribution in [2.75, 3.05) is 5.32 Å². The maximum atomic E-state index is 15.1. The summed E-state index contributed by atoms with van der Waals surface area (Å²) in [4.78, 5) is 26.7. The Morgan fingerprint density at radius 3 is 2.56 bits per heavy atom. The fourth-order valence-corrected chi connectivity index (χ4v) is 5.89. The first-order valence-electron chi connectivity index (χ1n) is 9.92. The second kappa shape index (κ2) is 8.01. The molecule has 2 N–H and O–H groups in total. The van der Waals surface area contributed by atoms with Crippen LogP contribution in [0.1, 0.15) is 35.1 Å². The van der Waals surface area contributed by atoms with E-state index in [0.717, 1.165) is 9.13 Å². The second-order valence-electron chi connectivity index (χ2n) is 7.99. The molecule has 2 aliphatic heterocycles. The Balaban J connectivity index is 1.83. The third kappa shape index (κ3) is 3.31. The van der Waals surface area contributed by atoms with Crippen LogP contribution in [-0.4, -0.2) is 11.8 Å². The molecule has 32 heavy (non-hydrogen) atoms. The van der Waals surface area contributed by atoms with Gasteiger partial charge in [-0.2, -0.15) is 0 Å². The summed E-state index contributed by atoms with van der Waals surface area (Å²) in [6.45, 7) is 0. The van der Waals surface area contributed by atoms with Crippen LogP contribution in [0.25, 0.3) is 0 Å². The molecule has 0 radical (unpaired) electrons. The lowest BCUT2D eigenvalue weighted by molar-refractivity contribution is -0.131. The third-order valence-corrected chi connectivity index (χ3v) is 7.41. The number of benzene rings is 3. The number of hydrogen-bond donors (Lipinski definition) is 2. The van der Waals surface area contributed by atoms with Gasteiger partial charge in [0.25, 0.3) is 0 Å². The molecule has 5 rings (SSSR count). The van der Waals surface area contributed by atoms with E-state index in [1.165, 1.54) is 6.07 Å². The van der Waals surface area contributed by atoms with Crippen LogP contribution in [0.4, 0.5) is 10.1 Å². The fraction of sp³-hybridized carbons (Fsp3) is 0.167. The third-order valence-electron chi connectivity index (χ3n) is 6.27. The summed E-state index contributed by atoms with van der Waals surface area (Å²) < 4.78 is 15.9. The predicted octanol–water partition coefficient (Wildman–Crippen LogP) is 5.97. The Morgan fingerprint density at radius 1 is 1.00 bits per heavy atom. The van der Waals surface area contributed by atoms with Crippen molar-refractivity contribution in [3.63, 3.8) is 0 Å². The standard InChI is InChI=1S/C24H16Cl2FIN2O2/c25-13-3-1-2-12(8-13)18-11-21(31)30-22(16-10-15(28)5-7-19(16)27)24(18)17-6-4-14(26)9-20(17)29-23(24)32/h1-10,18,22H,11H2,(H,29,32)(H,30,31)/t18-,22+,24-/m0/s1. The van der Waals surface area contributed by atoms with E-state index in [4.69, 9.17) is 23.2 Å². The summed E-state index contributed by atoms with van der Waals surface area (Å²) in [5.41, 5.74) is 0.933. The zero-order chi connectivity index (χ0) is 22.6. The minimum absolute atomic E-state index is 0.0534. The molecule has 2 amide bonds. The van der Waals surface area contributed by atoms with E-state index in [0.29, 0.717) is 21.3 Å². The van der Waals surface area contributed by atoms with Gasteiger partial charge < -0.3 is 10.6 Å². The van der Waals surface area contributed by atoms with Crippen LogP contribution in [-0.2, 0) is 15.0 Å². The summed E-state index contributed by atoms with van der Waals surface area (Å²) >= 11 is 14.6. The minimum atomic E-state index is -1.29. The molecule has 0 bridgehead atoms. The van der Waals surface area contributed by atoms with Crippen molar-refractivity contribution in [3.05, 3.63) is 96.8 Å². The summed E-state index contributed by atoms with van der Waals surface area (Å²) in [6.07, 6.45) is 0.0534. The molecule has 162 valence electrons. The predicted molar refractivity (Wildman–Crippen MR) is 131 cm³/mol. The van der Waals surface area contributed by atoms with Crippen molar-refractivity contribution in [2.45, 2.75) is 23.8 Å². The largest absolute Gasteiger partial charge is 0.348 e. The topological polar surface area (TPSA) is 58.2 Å². The van der Waals surface area contributed by atoms with Crippen molar-refractivity contribution in [3.8, 4) is 0 Å². The maximum Gasteiger partial charge on any atom is 0.238 e. The molecule has 0 aromatic heterocycles. The molecule has 3 atom stereocenters. The van der Waals surface area contributed by atoms with Crippen molar-refractivity contribution in [2.24, 2.45) is 0 Å². The molecule has 0 unspecified atom stereocenters. The van der Waals surface area contributed by atoms with Gasteiger partial charge in [-0.25, -0.2) is 4.39 Å². The molecule has 0 saturated carbocycles. The van der Waals surface area contributed by atoms with Crippen LogP contribution in [0.15, 0.2) is 60.7 Å². The van der Waals surface area contributed by atoms with Gasteiger partial charge in [-0.05, 0) is 76.2 Å². The molecule has 3 aromatic rings. The number of carbonyl (C=O) groups excluding carboxylic acids is 2. The molecule has 4 nitrogen and oxygen atoms in total. The van der Waals surface area contributed by atoms with Crippen molar-refractivity contribution >= 4 is 63.3 Å². The van der Waals surface area contributed by atoms with Crippen LogP contribution in [0.2, 0.25) is 10.0 Å². The number of rotatable bonds is 2. The van der Waals surface area contributed by atoms with Gasteiger partial charge >= 0.3 is 0 Å². The van der Waals surface area contributed by atoms with Gasteiger partial charge in [-0.15, -0.1) is 0 Å². The van der Waals surface area contributed by atoms with Crippen molar-refractivity contribution < 1.29 is 14.0 Å². The van der Waals surface area contributed by atoms with E-state index in [2.05, 4.69) is 33.2 Å². The SMILES string of the molecule is O=C1C[C@@H](c2cccc(Cl)c2)[C@]2(C(=O)Nc3cc(Cl)ccc32)[C@@H](c2cc(I)ccc2F)N1. The molecule has 3 aromatic carbocycles. The number of piperidine rings is 1. The molecule has 2 heterocycles. The fourth-order valence-electron chi connectivity index (χ4n) is 5.01. The molecule has 0 aliphatic carbocycles. The van der Waals surface area contributed by atoms with Crippen LogP contribution < -0.4 is 10.6 Å². The first-order valence-corrected chi connectivity index (χ1v) is 11.8. The van der Waals surface area contributed by atoms with Crippen LogP contribution in [0.5, 0.6) is 0 Å². The minimum Gasteiger partial charge on any atom is -0.348 e. The monoisotopic (exact) mass is 580 g/mol. The van der Waals surface area contributed by atoms with Gasteiger partial charge in [0.15, 0.2) is 0 Å². The summed E-state index contributed by atoms with van der Waals surface area (Å²) in [5.74, 6) is -1.64. The lowest BCUT2D eigenvalue weighted by Gasteiger charge is -2.46. The van der Waals surface area contributed by atoms with Crippen molar-refractivity contribution in [1.82, 2.24) is 5.32 Å². The highest BCUT2D eigenvalue weighted by molar-refractivity contribution is 14.1. The average molecular weight is 581 g/mol. The quantitative estimate of drug-likeness (QED) is 0.367. The molecule has 1 fully saturated rings. The van der Waals surface area contributed by atoms with Gasteiger partial charge in [-0.1, -0.05) is 41.4 Å². The van der Waals surface area contributed by atoms with Gasteiger partial charge in [0.1, 0.15) is 11.2 Å². The smallest absolute Gasteiger partial charge is 0.238 e. The maximum absolute atomic E-state index is 15.1. The average Bonchev–Trinajstić information content (AvgIpc) is 3.02. The number of anilines is 1. The second-order valence-corrected chi connectivity index (χ2v) is 10.1. The number of halogens is 4. The Hall–Kier alpha value is -2.16. The molecule has 1 saturated heterocycles. The van der Waals surface area contributed by atoms with E-state index in [-0.39, 0.29) is 23.8 Å². The van der Waals surface area contributed by atoms with Gasteiger partial charge in [0, 0.05) is 37.2 Å². The summed E-state index contributed by atoms with van der Waals surface area (Å²) in [5, 5.41) is 6.82. The van der Waals surface area contributed by atoms with Crippen LogP contribution in [0, 0.1) is 9.39 Å². The highest BCUT2D eigenvalue weighted by Gasteiger charge is 2.61. The van der Waals surface area contributed by atoms with E-state index < -0.39 is 23.2 Å². The van der Waals surface area contributed by atoms with E-state index >= 15 is 4.39 Å². The molecule has 8 heteroatoms. The Labute approximate surface area is 207 Å². The number of amides is 2. The molecule has 2 aliphatic rings. The van der Waals surface area contributed by atoms with Gasteiger partial charge in [0.05, 0.1) is 6.04 Å². The van der Waals surface area contributed by atoms with Crippen LogP contribution >= 0.6 is 45.8 Å². The Bertz CT molecular complexity index is 1280. The van der Waals surface area contributed by atoms with Gasteiger partial charge in [-0.3, -0.25) is 9.59 Å². The summed E-state index contributed by atoms with van der Waals surface area (Å²) in [6, 6.07) is 16.0. The zero-order valence-electron chi connectivity index (χ0n) is 16.5. The van der Waals surface area contributed by atoms with Crippen molar-refractivity contribution in [1.29, 1.82) is 0 Å². The highest BCUT2D eigenvalue weighted by Crippen LogP contribution is 2.57. The van der Waals surface area contributed by atoms with Crippen LogP contribution in [0.3, 0.4) is 0 Å². The first kappa shape index (κ1) is 21.7. The number of nitrogens with one attached hydrogen (secondary N) is 2. The molecule has 1 spiro atoms. The molecular formula is C24H16Cl2FIN2O2.